The fraction of sp³-hybridized carbons (Fsp3) is 0.625. The van der Waals surface area contributed by atoms with E-state index in [1.807, 2.05) is 26.2 Å². The van der Waals surface area contributed by atoms with Gasteiger partial charge >= 0.3 is 0 Å². The predicted molar refractivity (Wildman–Crippen MR) is 88.3 cm³/mol. The molecule has 0 radical (unpaired) electrons. The van der Waals surface area contributed by atoms with Crippen LogP contribution < -0.4 is 0 Å². The molecule has 5 heteroatoms. The molecule has 1 aliphatic rings. The van der Waals surface area contributed by atoms with Gasteiger partial charge < -0.3 is 20.6 Å². The molecule has 0 saturated heterocycles. The van der Waals surface area contributed by atoms with Gasteiger partial charge in [-0.05, 0) is 44.6 Å². The Morgan fingerprint density at radius 1 is 1.10 bits per heavy atom. The summed E-state index contributed by atoms with van der Waals surface area (Å²) in [7, 11) is 4.08. The smallest absolute Gasteiger partial charge is 0.115 e. The lowest BCUT2D eigenvalue weighted by Crippen LogP contribution is -2.42. The second-order valence-electron chi connectivity index (χ2n) is 6.07. The van der Waals surface area contributed by atoms with E-state index in [4.69, 9.17) is 0 Å². The van der Waals surface area contributed by atoms with Crippen molar-refractivity contribution in [2.45, 2.75) is 43.6 Å². The van der Waals surface area contributed by atoms with Crippen LogP contribution in [0.25, 0.3) is 0 Å². The average Bonchev–Trinajstić information content (AvgIpc) is 2.38. The highest BCUT2D eigenvalue weighted by Gasteiger charge is 2.38. The summed E-state index contributed by atoms with van der Waals surface area (Å²) >= 11 is 0. The largest absolute Gasteiger partial charge is 0.508 e. The molecule has 0 bridgehead atoms. The minimum atomic E-state index is -0.598. The van der Waals surface area contributed by atoms with E-state index in [-0.39, 0.29) is 29.6 Å². The fourth-order valence-corrected chi connectivity index (χ4v) is 3.17. The maximum absolute atomic E-state index is 11.0. The molecule has 0 aromatic heterocycles. The topological polar surface area (TPSA) is 75.2 Å². The Morgan fingerprint density at radius 2 is 1.62 bits per heavy atom. The number of likely N-dealkylation sites (N-methyl/N-ethyl adjacent to an activating group) is 1. The molecule has 2 rings (SSSR count). The van der Waals surface area contributed by atoms with E-state index in [9.17, 15) is 10.2 Å². The molecule has 1 aromatic carbocycles. The molecular formula is C16H28ClNO3. The SMILES string of the molecule is CN(C)C[C@@H](c1ccc(O)cc1)C1(O)CCCCC1.Cl.O. The van der Waals surface area contributed by atoms with Crippen LogP contribution in [0.4, 0.5) is 0 Å². The second kappa shape index (κ2) is 8.59. The molecular weight excluding hydrogens is 290 g/mol. The van der Waals surface area contributed by atoms with E-state index >= 15 is 0 Å². The molecule has 0 amide bonds. The number of aliphatic hydroxyl groups is 1. The molecule has 1 fully saturated rings. The first-order valence-electron chi connectivity index (χ1n) is 7.17. The lowest BCUT2D eigenvalue weighted by atomic mass is 9.72. The van der Waals surface area contributed by atoms with Crippen molar-refractivity contribution in [3.05, 3.63) is 29.8 Å². The molecule has 4 N–H and O–H groups in total. The number of rotatable bonds is 4. The van der Waals surface area contributed by atoms with Crippen LogP contribution in [0.3, 0.4) is 0 Å². The third-order valence-corrected chi connectivity index (χ3v) is 4.21. The van der Waals surface area contributed by atoms with E-state index in [1.54, 1.807) is 12.1 Å². The molecule has 0 aliphatic heterocycles. The van der Waals surface area contributed by atoms with Crippen molar-refractivity contribution in [3.8, 4) is 5.75 Å². The number of hydrogen-bond acceptors (Lipinski definition) is 3. The molecule has 1 saturated carbocycles. The van der Waals surface area contributed by atoms with E-state index in [2.05, 4.69) is 4.90 Å². The van der Waals surface area contributed by atoms with Crippen LogP contribution >= 0.6 is 12.4 Å². The zero-order valence-corrected chi connectivity index (χ0v) is 13.7. The quantitative estimate of drug-likeness (QED) is 0.895. The molecule has 1 aromatic rings. The van der Waals surface area contributed by atoms with Crippen molar-refractivity contribution >= 4 is 12.4 Å². The molecule has 0 spiro atoms. The molecule has 21 heavy (non-hydrogen) atoms. The monoisotopic (exact) mass is 317 g/mol. The summed E-state index contributed by atoms with van der Waals surface area (Å²) in [5.74, 6) is 0.395. The first-order valence-corrected chi connectivity index (χ1v) is 7.17. The highest BCUT2D eigenvalue weighted by molar-refractivity contribution is 5.85. The lowest BCUT2D eigenvalue weighted by Gasteiger charge is -2.40. The van der Waals surface area contributed by atoms with Crippen LogP contribution in [0.2, 0.25) is 0 Å². The van der Waals surface area contributed by atoms with Gasteiger partial charge in [0.05, 0.1) is 5.60 Å². The summed E-state index contributed by atoms with van der Waals surface area (Å²) in [6.07, 6.45) is 5.21. The minimum Gasteiger partial charge on any atom is -0.508 e. The van der Waals surface area contributed by atoms with Crippen molar-refractivity contribution in [1.82, 2.24) is 4.90 Å². The van der Waals surface area contributed by atoms with Crippen molar-refractivity contribution in [2.24, 2.45) is 0 Å². The first-order chi connectivity index (χ1) is 9.01. The van der Waals surface area contributed by atoms with Gasteiger partial charge in [-0.3, -0.25) is 0 Å². The van der Waals surface area contributed by atoms with E-state index in [0.29, 0.717) is 0 Å². The van der Waals surface area contributed by atoms with E-state index < -0.39 is 5.60 Å². The second-order valence-corrected chi connectivity index (χ2v) is 6.07. The van der Waals surface area contributed by atoms with Crippen molar-refractivity contribution < 1.29 is 15.7 Å². The number of nitrogens with zero attached hydrogens (tertiary/aromatic N) is 1. The molecule has 0 unspecified atom stereocenters. The number of benzene rings is 1. The van der Waals surface area contributed by atoms with Crippen molar-refractivity contribution in [3.63, 3.8) is 0 Å². The van der Waals surface area contributed by atoms with Crippen molar-refractivity contribution in [2.75, 3.05) is 20.6 Å². The number of phenolic OH excluding ortho intramolecular Hbond substituents is 1. The van der Waals surface area contributed by atoms with Gasteiger partial charge in [-0.1, -0.05) is 31.4 Å². The molecule has 1 atom stereocenters. The molecule has 0 heterocycles. The summed E-state index contributed by atoms with van der Waals surface area (Å²) < 4.78 is 0. The standard InChI is InChI=1S/C16H25NO2.ClH.H2O/c1-17(2)12-15(13-6-8-14(18)9-7-13)16(19)10-4-3-5-11-16;;/h6-9,15,18-19H,3-5,10-12H2,1-2H3;1H;1H2/t15-;;/m0../s1. The van der Waals surface area contributed by atoms with Gasteiger partial charge in [0.25, 0.3) is 0 Å². The lowest BCUT2D eigenvalue weighted by molar-refractivity contribution is -0.0277. The maximum Gasteiger partial charge on any atom is 0.115 e. The summed E-state index contributed by atoms with van der Waals surface area (Å²) in [5.41, 5.74) is 0.523. The van der Waals surface area contributed by atoms with Gasteiger partial charge in [-0.25, -0.2) is 0 Å². The van der Waals surface area contributed by atoms with Gasteiger partial charge in [0, 0.05) is 12.5 Å². The van der Waals surface area contributed by atoms with Gasteiger partial charge in [-0.15, -0.1) is 12.4 Å². The van der Waals surface area contributed by atoms with Gasteiger partial charge in [0.2, 0.25) is 0 Å². The third-order valence-electron chi connectivity index (χ3n) is 4.21. The number of hydrogen-bond donors (Lipinski definition) is 2. The van der Waals surface area contributed by atoms with E-state index in [0.717, 1.165) is 37.8 Å². The Morgan fingerprint density at radius 3 is 2.10 bits per heavy atom. The molecule has 122 valence electrons. The Bertz CT molecular complexity index is 402. The number of phenols is 1. The number of aromatic hydroxyl groups is 1. The molecule has 1 aliphatic carbocycles. The Balaban J connectivity index is 0.00000200. The van der Waals surface area contributed by atoms with Gasteiger partial charge in [0.1, 0.15) is 5.75 Å². The predicted octanol–water partition coefficient (Wildman–Crippen LogP) is 2.33. The summed E-state index contributed by atoms with van der Waals surface area (Å²) in [6, 6.07) is 7.31. The third kappa shape index (κ3) is 5.15. The van der Waals surface area contributed by atoms with Gasteiger partial charge in [-0.2, -0.15) is 0 Å². The van der Waals surface area contributed by atoms with E-state index in [1.165, 1.54) is 6.42 Å². The fourth-order valence-electron chi connectivity index (χ4n) is 3.17. The van der Waals surface area contributed by atoms with Crippen LogP contribution in [-0.4, -0.2) is 46.8 Å². The Labute approximate surface area is 133 Å². The van der Waals surface area contributed by atoms with Gasteiger partial charge in [0.15, 0.2) is 0 Å². The normalized spacial score (nSPS) is 18.5. The van der Waals surface area contributed by atoms with Crippen LogP contribution in [-0.2, 0) is 0 Å². The van der Waals surface area contributed by atoms with Crippen molar-refractivity contribution in [1.29, 1.82) is 0 Å². The van der Waals surface area contributed by atoms with Crippen LogP contribution in [0.1, 0.15) is 43.6 Å². The van der Waals surface area contributed by atoms with Crippen LogP contribution in [0.15, 0.2) is 24.3 Å². The summed E-state index contributed by atoms with van der Waals surface area (Å²) in [5, 5.41) is 20.4. The van der Waals surface area contributed by atoms with Crippen LogP contribution in [0, 0.1) is 0 Å². The first kappa shape index (κ1) is 20.2. The Hall–Kier alpha value is -0.810. The zero-order valence-electron chi connectivity index (χ0n) is 12.9. The highest BCUT2D eigenvalue weighted by Crippen LogP contribution is 2.40. The average molecular weight is 318 g/mol. The minimum absolute atomic E-state index is 0. The van der Waals surface area contributed by atoms with Crippen LogP contribution in [0.5, 0.6) is 5.75 Å². The summed E-state index contributed by atoms with van der Waals surface area (Å²) in [4.78, 5) is 2.13. The number of halogens is 1. The highest BCUT2D eigenvalue weighted by atomic mass is 35.5. The maximum atomic E-state index is 11.0. The molecule has 4 nitrogen and oxygen atoms in total. The Kier molecular flexibility index (Phi) is 8.26. The summed E-state index contributed by atoms with van der Waals surface area (Å²) in [6.45, 7) is 0.835. The zero-order chi connectivity index (χ0) is 13.9.